The Kier molecular flexibility index (Phi) is 6.87. The summed E-state index contributed by atoms with van der Waals surface area (Å²) in [6, 6.07) is 5.14. The fourth-order valence-corrected chi connectivity index (χ4v) is 2.87. The molecule has 0 unspecified atom stereocenters. The maximum Gasteiger partial charge on any atom is 0.251 e. The van der Waals surface area contributed by atoms with E-state index >= 15 is 0 Å². The molecule has 0 aliphatic carbocycles. The molecular weight excluding hydrogens is 308 g/mol. The maximum atomic E-state index is 12.3. The first kappa shape index (κ1) is 18.5. The van der Waals surface area contributed by atoms with Gasteiger partial charge in [0.25, 0.3) is 5.91 Å². The number of benzene rings is 1. The number of methoxy groups -OCH3 is 2. The van der Waals surface area contributed by atoms with E-state index < -0.39 is 0 Å². The van der Waals surface area contributed by atoms with E-state index in [-0.39, 0.29) is 12.0 Å². The van der Waals surface area contributed by atoms with Crippen molar-refractivity contribution in [2.45, 2.75) is 20.0 Å². The van der Waals surface area contributed by atoms with Gasteiger partial charge in [0.2, 0.25) is 0 Å². The van der Waals surface area contributed by atoms with Crippen molar-refractivity contribution < 1.29 is 19.0 Å². The summed E-state index contributed by atoms with van der Waals surface area (Å²) in [6.45, 7) is 8.50. The zero-order chi connectivity index (χ0) is 17.5. The van der Waals surface area contributed by atoms with Gasteiger partial charge in [0.1, 0.15) is 0 Å². The van der Waals surface area contributed by atoms with E-state index in [0.717, 1.165) is 19.6 Å². The van der Waals surface area contributed by atoms with Gasteiger partial charge in [-0.3, -0.25) is 9.69 Å². The highest BCUT2D eigenvalue weighted by molar-refractivity contribution is 5.94. The molecule has 6 heteroatoms. The van der Waals surface area contributed by atoms with Crippen LogP contribution >= 0.6 is 0 Å². The second-order valence-corrected chi connectivity index (χ2v) is 6.43. The molecule has 134 valence electrons. The van der Waals surface area contributed by atoms with Gasteiger partial charge in [0.05, 0.1) is 26.9 Å². The fourth-order valence-electron chi connectivity index (χ4n) is 2.87. The van der Waals surface area contributed by atoms with Crippen LogP contribution in [-0.4, -0.2) is 63.9 Å². The number of morpholine rings is 1. The van der Waals surface area contributed by atoms with Crippen LogP contribution in [0.15, 0.2) is 18.2 Å². The molecule has 1 aliphatic rings. The average Bonchev–Trinajstić information content (AvgIpc) is 2.58. The summed E-state index contributed by atoms with van der Waals surface area (Å²) in [7, 11) is 3.12. The second kappa shape index (κ2) is 8.89. The van der Waals surface area contributed by atoms with Gasteiger partial charge in [-0.25, -0.2) is 0 Å². The van der Waals surface area contributed by atoms with Crippen molar-refractivity contribution in [3.63, 3.8) is 0 Å². The third kappa shape index (κ3) is 5.11. The number of amides is 1. The standard InChI is InChI=1S/C18H28N2O4/c1-13(2)11-20-7-8-24-15(12-20)10-19-18(21)14-5-6-16(22-3)17(9-14)23-4/h5-6,9,13,15H,7-8,10-12H2,1-4H3,(H,19,21)/t15-/m1/s1. The number of carbonyl (C=O) groups excluding carboxylic acids is 1. The van der Waals surface area contributed by atoms with Gasteiger partial charge in [0.15, 0.2) is 11.5 Å². The van der Waals surface area contributed by atoms with Crippen LogP contribution in [0.2, 0.25) is 0 Å². The molecule has 1 N–H and O–H groups in total. The number of nitrogens with one attached hydrogen (secondary N) is 1. The third-order valence-electron chi connectivity index (χ3n) is 3.98. The largest absolute Gasteiger partial charge is 0.493 e. The van der Waals surface area contributed by atoms with Gasteiger partial charge < -0.3 is 19.5 Å². The fraction of sp³-hybridized carbons (Fsp3) is 0.611. The SMILES string of the molecule is COc1ccc(C(=O)NC[C@@H]2CN(CC(C)C)CCO2)cc1OC. The van der Waals surface area contributed by atoms with E-state index in [1.165, 1.54) is 0 Å². The second-order valence-electron chi connectivity index (χ2n) is 6.43. The molecule has 6 nitrogen and oxygen atoms in total. The minimum absolute atomic E-state index is 0.0293. The zero-order valence-corrected chi connectivity index (χ0v) is 15.0. The molecule has 1 saturated heterocycles. The molecule has 0 aromatic heterocycles. The van der Waals surface area contributed by atoms with Crippen molar-refractivity contribution in [1.29, 1.82) is 0 Å². The summed E-state index contributed by atoms with van der Waals surface area (Å²) in [5.41, 5.74) is 0.544. The Hall–Kier alpha value is -1.79. The minimum atomic E-state index is -0.138. The smallest absolute Gasteiger partial charge is 0.251 e. The number of hydrogen-bond donors (Lipinski definition) is 1. The summed E-state index contributed by atoms with van der Waals surface area (Å²) in [6.07, 6.45) is 0.0293. The predicted molar refractivity (Wildman–Crippen MR) is 92.9 cm³/mol. The summed E-state index contributed by atoms with van der Waals surface area (Å²) >= 11 is 0. The number of nitrogens with zero attached hydrogens (tertiary/aromatic N) is 1. The van der Waals surface area contributed by atoms with E-state index in [1.54, 1.807) is 32.4 Å². The summed E-state index contributed by atoms with van der Waals surface area (Å²) in [4.78, 5) is 14.7. The van der Waals surface area contributed by atoms with E-state index in [0.29, 0.717) is 36.1 Å². The Morgan fingerprint density at radius 2 is 2.08 bits per heavy atom. The van der Waals surface area contributed by atoms with Crippen molar-refractivity contribution in [1.82, 2.24) is 10.2 Å². The van der Waals surface area contributed by atoms with E-state index in [1.807, 2.05) is 0 Å². The normalized spacial score (nSPS) is 18.5. The highest BCUT2D eigenvalue weighted by atomic mass is 16.5. The van der Waals surface area contributed by atoms with Crippen LogP contribution in [0, 0.1) is 5.92 Å². The third-order valence-corrected chi connectivity index (χ3v) is 3.98. The molecule has 1 amide bonds. The first-order valence-corrected chi connectivity index (χ1v) is 8.37. The minimum Gasteiger partial charge on any atom is -0.493 e. The number of carbonyl (C=O) groups is 1. The number of hydrogen-bond acceptors (Lipinski definition) is 5. The number of ether oxygens (including phenoxy) is 3. The molecule has 24 heavy (non-hydrogen) atoms. The average molecular weight is 336 g/mol. The quantitative estimate of drug-likeness (QED) is 0.823. The van der Waals surface area contributed by atoms with E-state index in [2.05, 4.69) is 24.1 Å². The Balaban J connectivity index is 1.88. The lowest BCUT2D eigenvalue weighted by Crippen LogP contribution is -2.48. The van der Waals surface area contributed by atoms with Gasteiger partial charge in [-0.05, 0) is 24.1 Å². The molecule has 1 heterocycles. The highest BCUT2D eigenvalue weighted by Crippen LogP contribution is 2.27. The topological polar surface area (TPSA) is 60.0 Å². The lowest BCUT2D eigenvalue weighted by molar-refractivity contribution is -0.0295. The summed E-state index contributed by atoms with van der Waals surface area (Å²) in [5, 5.41) is 2.94. The molecule has 0 radical (unpaired) electrons. The van der Waals surface area contributed by atoms with Gasteiger partial charge in [-0.2, -0.15) is 0 Å². The first-order chi connectivity index (χ1) is 11.5. The monoisotopic (exact) mass is 336 g/mol. The van der Waals surface area contributed by atoms with Crippen molar-refractivity contribution in [2.75, 3.05) is 47.0 Å². The molecule has 0 saturated carbocycles. The predicted octanol–water partition coefficient (Wildman–Crippen LogP) is 1.79. The van der Waals surface area contributed by atoms with Crippen molar-refractivity contribution in [2.24, 2.45) is 5.92 Å². The summed E-state index contributed by atoms with van der Waals surface area (Å²) < 4.78 is 16.2. The lowest BCUT2D eigenvalue weighted by Gasteiger charge is -2.33. The van der Waals surface area contributed by atoms with Crippen LogP contribution in [0.3, 0.4) is 0 Å². The highest BCUT2D eigenvalue weighted by Gasteiger charge is 2.21. The molecule has 1 fully saturated rings. The van der Waals surface area contributed by atoms with Crippen LogP contribution < -0.4 is 14.8 Å². The molecule has 1 aliphatic heterocycles. The van der Waals surface area contributed by atoms with Crippen LogP contribution in [0.4, 0.5) is 0 Å². The lowest BCUT2D eigenvalue weighted by atomic mass is 10.1. The van der Waals surface area contributed by atoms with Gasteiger partial charge in [0, 0.05) is 31.7 Å². The van der Waals surface area contributed by atoms with Crippen LogP contribution in [-0.2, 0) is 4.74 Å². The van der Waals surface area contributed by atoms with Crippen molar-refractivity contribution in [3.8, 4) is 11.5 Å². The van der Waals surface area contributed by atoms with Crippen LogP contribution in [0.5, 0.6) is 11.5 Å². The Morgan fingerprint density at radius 3 is 2.75 bits per heavy atom. The van der Waals surface area contributed by atoms with Gasteiger partial charge in [-0.15, -0.1) is 0 Å². The van der Waals surface area contributed by atoms with Crippen molar-refractivity contribution in [3.05, 3.63) is 23.8 Å². The Morgan fingerprint density at radius 1 is 1.33 bits per heavy atom. The van der Waals surface area contributed by atoms with Crippen LogP contribution in [0.1, 0.15) is 24.2 Å². The van der Waals surface area contributed by atoms with Gasteiger partial charge in [-0.1, -0.05) is 13.8 Å². The molecule has 1 atom stereocenters. The van der Waals surface area contributed by atoms with E-state index in [4.69, 9.17) is 14.2 Å². The van der Waals surface area contributed by atoms with Gasteiger partial charge >= 0.3 is 0 Å². The van der Waals surface area contributed by atoms with Crippen molar-refractivity contribution >= 4 is 5.91 Å². The maximum absolute atomic E-state index is 12.3. The number of rotatable bonds is 7. The zero-order valence-electron chi connectivity index (χ0n) is 15.0. The molecule has 1 aromatic carbocycles. The molecule has 0 bridgehead atoms. The van der Waals surface area contributed by atoms with E-state index in [9.17, 15) is 4.79 Å². The Bertz CT molecular complexity index is 548. The molecule has 2 rings (SSSR count). The molecule has 0 spiro atoms. The first-order valence-electron chi connectivity index (χ1n) is 8.37. The summed E-state index contributed by atoms with van der Waals surface area (Å²) in [5.74, 6) is 1.64. The molecular formula is C18H28N2O4. The van der Waals surface area contributed by atoms with Crippen LogP contribution in [0.25, 0.3) is 0 Å². The molecule has 1 aromatic rings. The Labute approximate surface area is 144 Å².